The van der Waals surface area contributed by atoms with Gasteiger partial charge in [-0.1, -0.05) is 17.8 Å². The van der Waals surface area contributed by atoms with E-state index < -0.39 is 4.92 Å². The molecule has 0 aromatic heterocycles. The van der Waals surface area contributed by atoms with E-state index in [1.807, 2.05) is 25.1 Å². The molecule has 0 aliphatic rings. The van der Waals surface area contributed by atoms with E-state index in [9.17, 15) is 10.1 Å². The summed E-state index contributed by atoms with van der Waals surface area (Å²) in [6, 6.07) is 12.0. The van der Waals surface area contributed by atoms with Gasteiger partial charge in [-0.2, -0.15) is 0 Å². The number of nitrogens with zero attached hydrogens (tertiary/aromatic N) is 1. The van der Waals surface area contributed by atoms with Gasteiger partial charge in [-0.3, -0.25) is 15.5 Å². The quantitative estimate of drug-likeness (QED) is 0.390. The molecule has 6 heteroatoms. The minimum absolute atomic E-state index is 0.00871. The third kappa shape index (κ3) is 3.16. The van der Waals surface area contributed by atoms with Gasteiger partial charge < -0.3 is 5.73 Å². The zero-order valence-electron chi connectivity index (χ0n) is 10.8. The molecule has 0 radical (unpaired) electrons. The van der Waals surface area contributed by atoms with Crippen molar-refractivity contribution in [3.05, 3.63) is 63.7 Å². The number of non-ortho nitro benzene ring substituents is 1. The number of amidine groups is 1. The van der Waals surface area contributed by atoms with Crippen LogP contribution >= 0.6 is 11.8 Å². The van der Waals surface area contributed by atoms with Crippen LogP contribution in [0.2, 0.25) is 0 Å². The average Bonchev–Trinajstić information content (AvgIpc) is 2.39. The number of aryl methyl sites for hydroxylation is 1. The van der Waals surface area contributed by atoms with Gasteiger partial charge in [0.05, 0.1) is 4.92 Å². The lowest BCUT2D eigenvalue weighted by molar-refractivity contribution is -0.384. The average molecular weight is 287 g/mol. The van der Waals surface area contributed by atoms with Crippen LogP contribution in [0.4, 0.5) is 5.69 Å². The second-order valence-electron chi connectivity index (χ2n) is 4.27. The maximum atomic E-state index is 10.6. The molecule has 2 aromatic rings. The molecule has 0 aliphatic heterocycles. The van der Waals surface area contributed by atoms with Gasteiger partial charge in [-0.05, 0) is 36.8 Å². The van der Waals surface area contributed by atoms with Crippen molar-refractivity contribution >= 4 is 23.3 Å². The highest BCUT2D eigenvalue weighted by Gasteiger charge is 2.09. The Labute approximate surface area is 120 Å². The van der Waals surface area contributed by atoms with Crippen molar-refractivity contribution in [1.29, 1.82) is 5.41 Å². The zero-order chi connectivity index (χ0) is 14.7. The molecule has 0 aliphatic carbocycles. The largest absolute Gasteiger partial charge is 0.384 e. The Morgan fingerprint density at radius 2 is 1.90 bits per heavy atom. The SMILES string of the molecule is Cc1ccc(C(=N)N)c(Sc2ccc([N+](=O)[O-])cc2)c1. The fourth-order valence-corrected chi connectivity index (χ4v) is 2.76. The number of rotatable bonds is 4. The van der Waals surface area contributed by atoms with Crippen LogP contribution in [0.3, 0.4) is 0 Å². The van der Waals surface area contributed by atoms with E-state index in [1.165, 1.54) is 23.9 Å². The number of nitrogen functional groups attached to an aromatic ring is 1. The maximum absolute atomic E-state index is 10.6. The van der Waals surface area contributed by atoms with Crippen molar-refractivity contribution in [3.63, 3.8) is 0 Å². The Balaban J connectivity index is 2.31. The first-order valence-corrected chi connectivity index (χ1v) is 6.66. The summed E-state index contributed by atoms with van der Waals surface area (Å²) >= 11 is 1.43. The van der Waals surface area contributed by atoms with Gasteiger partial charge in [-0.15, -0.1) is 0 Å². The van der Waals surface area contributed by atoms with Crippen LogP contribution in [-0.2, 0) is 0 Å². The molecule has 2 aromatic carbocycles. The van der Waals surface area contributed by atoms with Crippen LogP contribution in [0.5, 0.6) is 0 Å². The lowest BCUT2D eigenvalue weighted by Gasteiger charge is -2.09. The van der Waals surface area contributed by atoms with Gasteiger partial charge in [0.2, 0.25) is 0 Å². The molecule has 0 saturated heterocycles. The number of nitro benzene ring substituents is 1. The van der Waals surface area contributed by atoms with Crippen molar-refractivity contribution < 1.29 is 4.92 Å². The molecular weight excluding hydrogens is 274 g/mol. The smallest absolute Gasteiger partial charge is 0.269 e. The van der Waals surface area contributed by atoms with Gasteiger partial charge in [0, 0.05) is 27.5 Å². The highest BCUT2D eigenvalue weighted by atomic mass is 32.2. The molecule has 0 amide bonds. The Morgan fingerprint density at radius 1 is 1.25 bits per heavy atom. The second-order valence-corrected chi connectivity index (χ2v) is 5.38. The Morgan fingerprint density at radius 3 is 2.45 bits per heavy atom. The van der Waals surface area contributed by atoms with Crippen LogP contribution in [0.1, 0.15) is 11.1 Å². The number of nitrogens with one attached hydrogen (secondary N) is 1. The van der Waals surface area contributed by atoms with E-state index in [2.05, 4.69) is 0 Å². The number of nitro groups is 1. The van der Waals surface area contributed by atoms with Crippen LogP contribution < -0.4 is 5.73 Å². The summed E-state index contributed by atoms with van der Waals surface area (Å²) < 4.78 is 0. The number of hydrogen-bond donors (Lipinski definition) is 2. The first kappa shape index (κ1) is 14.1. The maximum Gasteiger partial charge on any atom is 0.269 e. The molecule has 0 fully saturated rings. The zero-order valence-corrected chi connectivity index (χ0v) is 11.6. The van der Waals surface area contributed by atoms with Gasteiger partial charge in [0.15, 0.2) is 0 Å². The molecule has 0 bridgehead atoms. The van der Waals surface area contributed by atoms with Crippen molar-refractivity contribution in [2.45, 2.75) is 16.7 Å². The summed E-state index contributed by atoms with van der Waals surface area (Å²) in [6.45, 7) is 1.96. The molecule has 102 valence electrons. The fourth-order valence-electron chi connectivity index (χ4n) is 1.70. The first-order chi connectivity index (χ1) is 9.47. The van der Waals surface area contributed by atoms with Gasteiger partial charge in [0.1, 0.15) is 5.84 Å². The number of nitrogens with two attached hydrogens (primary N) is 1. The van der Waals surface area contributed by atoms with E-state index in [1.54, 1.807) is 12.1 Å². The fraction of sp³-hybridized carbons (Fsp3) is 0.0714. The first-order valence-electron chi connectivity index (χ1n) is 5.85. The van der Waals surface area contributed by atoms with Crippen LogP contribution in [0.25, 0.3) is 0 Å². The van der Waals surface area contributed by atoms with E-state index in [4.69, 9.17) is 11.1 Å². The molecule has 0 unspecified atom stereocenters. The molecule has 2 rings (SSSR count). The van der Waals surface area contributed by atoms with Crippen molar-refractivity contribution in [3.8, 4) is 0 Å². The highest BCUT2D eigenvalue weighted by Crippen LogP contribution is 2.32. The van der Waals surface area contributed by atoms with Crippen LogP contribution in [-0.4, -0.2) is 10.8 Å². The van der Waals surface area contributed by atoms with Crippen LogP contribution in [0.15, 0.2) is 52.3 Å². The number of hydrogen-bond acceptors (Lipinski definition) is 4. The molecular formula is C14H13N3O2S. The van der Waals surface area contributed by atoms with Crippen molar-refractivity contribution in [2.75, 3.05) is 0 Å². The Bertz CT molecular complexity index is 669. The molecule has 0 spiro atoms. The summed E-state index contributed by atoms with van der Waals surface area (Å²) in [5, 5.41) is 18.2. The predicted octanol–water partition coefficient (Wildman–Crippen LogP) is 3.34. The van der Waals surface area contributed by atoms with Crippen molar-refractivity contribution in [2.24, 2.45) is 5.73 Å². The normalized spacial score (nSPS) is 10.2. The van der Waals surface area contributed by atoms with Crippen LogP contribution in [0, 0.1) is 22.4 Å². The lowest BCUT2D eigenvalue weighted by Crippen LogP contribution is -2.12. The lowest BCUT2D eigenvalue weighted by atomic mass is 10.1. The van der Waals surface area contributed by atoms with Gasteiger partial charge >= 0.3 is 0 Å². The molecule has 0 saturated carbocycles. The topological polar surface area (TPSA) is 93.0 Å². The van der Waals surface area contributed by atoms with E-state index in [-0.39, 0.29) is 11.5 Å². The van der Waals surface area contributed by atoms with E-state index >= 15 is 0 Å². The Kier molecular flexibility index (Phi) is 4.05. The van der Waals surface area contributed by atoms with Crippen molar-refractivity contribution in [1.82, 2.24) is 0 Å². The molecule has 20 heavy (non-hydrogen) atoms. The minimum atomic E-state index is -0.428. The standard InChI is InChI=1S/C14H13N3O2S/c1-9-2-7-12(14(15)16)13(8-9)20-11-5-3-10(4-6-11)17(18)19/h2-8H,1H3,(H3,15,16). The monoisotopic (exact) mass is 287 g/mol. The molecule has 5 nitrogen and oxygen atoms in total. The summed E-state index contributed by atoms with van der Waals surface area (Å²) in [7, 11) is 0. The third-order valence-electron chi connectivity index (χ3n) is 2.70. The molecule has 0 heterocycles. The third-order valence-corrected chi connectivity index (χ3v) is 3.77. The number of benzene rings is 2. The highest BCUT2D eigenvalue weighted by molar-refractivity contribution is 7.99. The summed E-state index contributed by atoms with van der Waals surface area (Å²) in [5.41, 5.74) is 7.36. The molecule has 0 atom stereocenters. The van der Waals surface area contributed by atoms with E-state index in [0.29, 0.717) is 5.56 Å². The Hall–Kier alpha value is -2.34. The van der Waals surface area contributed by atoms with Gasteiger partial charge in [0.25, 0.3) is 5.69 Å². The summed E-state index contributed by atoms with van der Waals surface area (Å²) in [4.78, 5) is 11.9. The minimum Gasteiger partial charge on any atom is -0.384 e. The molecule has 3 N–H and O–H groups in total. The van der Waals surface area contributed by atoms with Gasteiger partial charge in [-0.25, -0.2) is 0 Å². The van der Waals surface area contributed by atoms with E-state index in [0.717, 1.165) is 15.4 Å². The predicted molar refractivity (Wildman–Crippen MR) is 79.4 cm³/mol. The summed E-state index contributed by atoms with van der Waals surface area (Å²) in [5.74, 6) is 0.00871. The summed E-state index contributed by atoms with van der Waals surface area (Å²) in [6.07, 6.45) is 0. The second kappa shape index (κ2) is 5.75.